The van der Waals surface area contributed by atoms with Crippen molar-refractivity contribution in [3.05, 3.63) is 27.2 Å². The van der Waals surface area contributed by atoms with Gasteiger partial charge in [-0.25, -0.2) is 4.98 Å². The summed E-state index contributed by atoms with van der Waals surface area (Å²) in [7, 11) is 3.22. The molecule has 214 valence electrons. The van der Waals surface area contributed by atoms with Crippen molar-refractivity contribution in [2.45, 2.75) is 85.4 Å². The Balaban J connectivity index is 1.45. The van der Waals surface area contributed by atoms with E-state index in [0.29, 0.717) is 30.2 Å². The van der Waals surface area contributed by atoms with Gasteiger partial charge in [-0.3, -0.25) is 19.2 Å². The van der Waals surface area contributed by atoms with E-state index < -0.39 is 17.5 Å². The number of rotatable bonds is 12. The second-order valence-corrected chi connectivity index (χ2v) is 12.7. The molecule has 2 saturated carbocycles. The average Bonchev–Trinajstić information content (AvgIpc) is 3.37. The zero-order valence-corrected chi connectivity index (χ0v) is 25.0. The van der Waals surface area contributed by atoms with E-state index in [1.165, 1.54) is 25.4 Å². The molecular weight excluding hydrogens is 518 g/mol. The number of thiazole rings is 1. The summed E-state index contributed by atoms with van der Waals surface area (Å²) in [5.41, 5.74) is 1.96. The molecule has 1 N–H and O–H groups in total. The van der Waals surface area contributed by atoms with E-state index in [-0.39, 0.29) is 53.3 Å². The molecule has 9 nitrogen and oxygen atoms in total. The van der Waals surface area contributed by atoms with Crippen molar-refractivity contribution in [3.8, 4) is 0 Å². The molecule has 0 radical (unpaired) electrons. The summed E-state index contributed by atoms with van der Waals surface area (Å²) in [6.07, 6.45) is 1.81. The number of nitrogens with zero attached hydrogens (tertiary/aromatic N) is 2. The van der Waals surface area contributed by atoms with Crippen molar-refractivity contribution >= 4 is 35.1 Å². The number of ether oxygens (including phenoxy) is 2. The summed E-state index contributed by atoms with van der Waals surface area (Å²) in [4.78, 5) is 56.7. The highest BCUT2D eigenvalue weighted by Crippen LogP contribution is 2.76. The van der Waals surface area contributed by atoms with Gasteiger partial charge in [0, 0.05) is 44.2 Å². The topological polar surface area (TPSA) is 115 Å². The quantitative estimate of drug-likeness (QED) is 0.300. The van der Waals surface area contributed by atoms with E-state index in [1.807, 2.05) is 20.8 Å². The van der Waals surface area contributed by atoms with E-state index in [0.717, 1.165) is 17.6 Å². The number of carbonyl (C=O) groups is 4. The van der Waals surface area contributed by atoms with Gasteiger partial charge in [-0.2, -0.15) is 0 Å². The van der Waals surface area contributed by atoms with Crippen molar-refractivity contribution in [1.29, 1.82) is 0 Å². The van der Waals surface area contributed by atoms with Crippen molar-refractivity contribution in [1.82, 2.24) is 15.2 Å². The molecule has 0 aliphatic heterocycles. The monoisotopic (exact) mass is 559 g/mol. The SMILES string of the molecule is CC[C@@H](C)CC(=O)N(C)C(C[C@@H](OC(C)=O)c1nc(C(=O)NC2C3=C(C)C4(C(=O)OC)CC2C34)cs1)C(C)C. The summed E-state index contributed by atoms with van der Waals surface area (Å²) in [6, 6.07) is -0.250. The number of nitrogens with one attached hydrogen (secondary N) is 1. The molecule has 1 aromatic rings. The molecule has 39 heavy (non-hydrogen) atoms. The van der Waals surface area contributed by atoms with Crippen LogP contribution in [0.25, 0.3) is 0 Å². The van der Waals surface area contributed by atoms with E-state index in [1.54, 1.807) is 17.3 Å². The van der Waals surface area contributed by atoms with Gasteiger partial charge in [0.15, 0.2) is 6.10 Å². The highest BCUT2D eigenvalue weighted by molar-refractivity contribution is 7.09. The van der Waals surface area contributed by atoms with Crippen LogP contribution in [-0.4, -0.2) is 59.9 Å². The molecule has 0 bridgehead atoms. The molecule has 1 aromatic heterocycles. The molecule has 5 unspecified atom stereocenters. The minimum Gasteiger partial charge on any atom is -0.468 e. The highest BCUT2D eigenvalue weighted by Gasteiger charge is 2.77. The van der Waals surface area contributed by atoms with Gasteiger partial charge in [0.2, 0.25) is 5.91 Å². The first-order valence-electron chi connectivity index (χ1n) is 13.9. The molecule has 2 amide bonds. The van der Waals surface area contributed by atoms with Gasteiger partial charge in [0.25, 0.3) is 5.91 Å². The summed E-state index contributed by atoms with van der Waals surface area (Å²) in [5, 5.41) is 5.31. The van der Waals surface area contributed by atoms with Gasteiger partial charge in [-0.1, -0.05) is 39.7 Å². The molecular formula is C29H41N3O6S. The van der Waals surface area contributed by atoms with Crippen LogP contribution < -0.4 is 5.32 Å². The van der Waals surface area contributed by atoms with Crippen LogP contribution in [0.5, 0.6) is 0 Å². The van der Waals surface area contributed by atoms with Crippen LogP contribution in [0.3, 0.4) is 0 Å². The lowest BCUT2D eigenvalue weighted by molar-refractivity contribution is -0.182. The normalized spacial score (nSPS) is 26.7. The standard InChI is InChI=1S/C29H41N3O6S/c1-9-15(4)10-22(34)32(7)20(14(2)3)11-21(38-17(6)33)27-30-19(13-39-27)26(35)31-25-18-12-29(28(36)37-8)16(5)23(25)24(18)29/h13-15,18,20-21,24-25H,9-12H2,1-8H3,(H,31,35)/t15-,18?,20?,21-,24?,25?,29?/m1/s1. The van der Waals surface area contributed by atoms with Gasteiger partial charge in [0.05, 0.1) is 18.6 Å². The van der Waals surface area contributed by atoms with Crippen LogP contribution in [0.4, 0.5) is 0 Å². The average molecular weight is 560 g/mol. The van der Waals surface area contributed by atoms with Crippen LogP contribution in [0.1, 0.15) is 88.8 Å². The predicted molar refractivity (Wildman–Crippen MR) is 147 cm³/mol. The lowest BCUT2D eigenvalue weighted by Gasteiger charge is -2.73. The van der Waals surface area contributed by atoms with Gasteiger partial charge in [0.1, 0.15) is 10.7 Å². The fraction of sp³-hybridized carbons (Fsp3) is 0.690. The van der Waals surface area contributed by atoms with Gasteiger partial charge < -0.3 is 19.7 Å². The smallest absolute Gasteiger partial charge is 0.316 e. The Labute approximate surface area is 234 Å². The molecule has 4 rings (SSSR count). The number of methoxy groups -OCH3 is 1. The molecule has 3 aliphatic rings. The fourth-order valence-electron chi connectivity index (χ4n) is 6.72. The summed E-state index contributed by atoms with van der Waals surface area (Å²) in [6.45, 7) is 11.5. The summed E-state index contributed by atoms with van der Waals surface area (Å²) >= 11 is 1.28. The molecule has 3 aliphatic carbocycles. The van der Waals surface area contributed by atoms with Gasteiger partial charge >= 0.3 is 11.9 Å². The van der Waals surface area contributed by atoms with Crippen molar-refractivity contribution in [2.75, 3.05) is 14.2 Å². The Kier molecular flexibility index (Phi) is 8.26. The van der Waals surface area contributed by atoms with Crippen molar-refractivity contribution in [2.24, 2.45) is 29.1 Å². The number of carbonyl (C=O) groups excluding carboxylic acids is 4. The molecule has 2 fully saturated rings. The first-order valence-corrected chi connectivity index (χ1v) is 14.7. The first-order chi connectivity index (χ1) is 18.4. The van der Waals surface area contributed by atoms with Crippen LogP contribution in [0.15, 0.2) is 16.5 Å². The Hall–Kier alpha value is -2.75. The minimum absolute atomic E-state index is 0.0652. The van der Waals surface area contributed by atoms with Crippen LogP contribution in [-0.2, 0) is 23.9 Å². The number of amides is 2. The third-order valence-electron chi connectivity index (χ3n) is 9.23. The van der Waals surface area contributed by atoms with Crippen molar-refractivity contribution < 1.29 is 28.7 Å². The maximum atomic E-state index is 13.1. The minimum atomic E-state index is -0.669. The van der Waals surface area contributed by atoms with Gasteiger partial charge in [-0.15, -0.1) is 11.3 Å². The Morgan fingerprint density at radius 2 is 1.95 bits per heavy atom. The third kappa shape index (κ3) is 4.89. The van der Waals surface area contributed by atoms with Crippen LogP contribution in [0, 0.1) is 29.1 Å². The van der Waals surface area contributed by atoms with Crippen LogP contribution >= 0.6 is 11.3 Å². The van der Waals surface area contributed by atoms with Crippen LogP contribution in [0.2, 0.25) is 0 Å². The fourth-order valence-corrected chi connectivity index (χ4v) is 7.56. The van der Waals surface area contributed by atoms with E-state index in [2.05, 4.69) is 24.1 Å². The molecule has 1 heterocycles. The van der Waals surface area contributed by atoms with E-state index in [4.69, 9.17) is 9.47 Å². The zero-order valence-electron chi connectivity index (χ0n) is 24.2. The first kappa shape index (κ1) is 29.2. The maximum Gasteiger partial charge on any atom is 0.316 e. The Bertz CT molecular complexity index is 1190. The Morgan fingerprint density at radius 3 is 2.49 bits per heavy atom. The molecule has 0 spiro atoms. The van der Waals surface area contributed by atoms with E-state index in [9.17, 15) is 19.2 Å². The predicted octanol–water partition coefficient (Wildman–Crippen LogP) is 4.29. The Morgan fingerprint density at radius 1 is 1.26 bits per heavy atom. The zero-order chi connectivity index (χ0) is 28.8. The molecule has 0 aromatic carbocycles. The number of esters is 2. The summed E-state index contributed by atoms with van der Waals surface area (Å²) in [5.74, 6) is 0.00580. The maximum absolute atomic E-state index is 13.1. The second kappa shape index (κ2) is 11.0. The highest BCUT2D eigenvalue weighted by atomic mass is 32.1. The molecule has 0 saturated heterocycles. The third-order valence-corrected chi connectivity index (χ3v) is 10.2. The lowest BCUT2D eigenvalue weighted by atomic mass is 9.30. The molecule has 7 atom stereocenters. The number of hydrogen-bond acceptors (Lipinski definition) is 8. The second-order valence-electron chi connectivity index (χ2n) is 11.8. The van der Waals surface area contributed by atoms with E-state index >= 15 is 0 Å². The number of hydrogen-bond donors (Lipinski definition) is 1. The van der Waals surface area contributed by atoms with Gasteiger partial charge in [-0.05, 0) is 36.7 Å². The largest absolute Gasteiger partial charge is 0.468 e. The summed E-state index contributed by atoms with van der Waals surface area (Å²) < 4.78 is 10.7. The number of aromatic nitrogens is 1. The van der Waals surface area contributed by atoms with Crippen molar-refractivity contribution in [3.63, 3.8) is 0 Å². The lowest BCUT2D eigenvalue weighted by Crippen LogP contribution is -2.77. The molecule has 10 heteroatoms.